The lowest BCUT2D eigenvalue weighted by Crippen LogP contribution is -2.09. The van der Waals surface area contributed by atoms with E-state index in [1.54, 1.807) is 43.3 Å². The fraction of sp³-hybridized carbons (Fsp3) is 0.200. The molecule has 0 aliphatic rings. The molecule has 8 heteroatoms. The summed E-state index contributed by atoms with van der Waals surface area (Å²) in [5.41, 5.74) is 14.7. The molecular formula is C25H24FN3O4. The van der Waals surface area contributed by atoms with E-state index in [1.165, 1.54) is 0 Å². The minimum Gasteiger partial charge on any atom is -0.489 e. The number of carbonyl (C=O) groups excluding carboxylic acids is 1. The van der Waals surface area contributed by atoms with Crippen molar-refractivity contribution >= 4 is 22.8 Å². The molecule has 0 saturated heterocycles. The number of nitrogen functional groups attached to an aromatic ring is 1. The van der Waals surface area contributed by atoms with Gasteiger partial charge in [-0.25, -0.2) is 4.39 Å². The Bertz CT molecular complexity index is 1300. The van der Waals surface area contributed by atoms with Gasteiger partial charge in [0, 0.05) is 28.8 Å². The van der Waals surface area contributed by atoms with Crippen LogP contribution in [0.3, 0.4) is 0 Å². The highest BCUT2D eigenvalue weighted by Gasteiger charge is 2.18. The number of nitrogens with two attached hydrogens (primary N) is 2. The molecule has 0 unspecified atom stereocenters. The van der Waals surface area contributed by atoms with Gasteiger partial charge in [0.05, 0.1) is 18.4 Å². The summed E-state index contributed by atoms with van der Waals surface area (Å²) in [7, 11) is 0. The Kier molecular flexibility index (Phi) is 6.55. The van der Waals surface area contributed by atoms with Crippen LogP contribution in [0.5, 0.6) is 5.75 Å². The van der Waals surface area contributed by atoms with Crippen molar-refractivity contribution in [2.45, 2.75) is 26.5 Å². The highest BCUT2D eigenvalue weighted by molar-refractivity contribution is 5.98. The lowest BCUT2D eigenvalue weighted by molar-refractivity contribution is -0.142. The first-order chi connectivity index (χ1) is 16.0. The highest BCUT2D eigenvalue weighted by atomic mass is 19.1. The number of benzene rings is 3. The van der Waals surface area contributed by atoms with Crippen molar-refractivity contribution in [1.82, 2.24) is 5.16 Å². The van der Waals surface area contributed by atoms with Crippen molar-refractivity contribution in [3.63, 3.8) is 0 Å². The first kappa shape index (κ1) is 22.3. The number of anilines is 1. The second kappa shape index (κ2) is 9.70. The summed E-state index contributed by atoms with van der Waals surface area (Å²) < 4.78 is 31.5. The Balaban J connectivity index is 1.68. The number of carbonyl (C=O) groups is 1. The van der Waals surface area contributed by atoms with E-state index >= 15 is 4.39 Å². The molecule has 4 rings (SSSR count). The minimum atomic E-state index is -0.422. The normalized spacial score (nSPS) is 11.0. The number of rotatable bonds is 8. The zero-order chi connectivity index (χ0) is 23.4. The molecule has 33 heavy (non-hydrogen) atoms. The molecule has 4 aromatic rings. The van der Waals surface area contributed by atoms with Crippen LogP contribution < -0.4 is 16.2 Å². The quantitative estimate of drug-likeness (QED) is 0.384. The predicted molar refractivity (Wildman–Crippen MR) is 123 cm³/mol. The molecule has 0 saturated carbocycles. The van der Waals surface area contributed by atoms with E-state index in [4.69, 9.17) is 25.5 Å². The number of aromatic nitrogens is 1. The average Bonchev–Trinajstić information content (AvgIpc) is 3.19. The zero-order valence-corrected chi connectivity index (χ0v) is 18.1. The number of para-hydroxylation sites is 1. The van der Waals surface area contributed by atoms with E-state index in [1.807, 2.05) is 18.2 Å². The van der Waals surface area contributed by atoms with Crippen LogP contribution in [-0.4, -0.2) is 17.7 Å². The number of ether oxygens (including phenoxy) is 2. The Morgan fingerprint density at radius 1 is 1.09 bits per heavy atom. The van der Waals surface area contributed by atoms with Gasteiger partial charge in [0.1, 0.15) is 18.2 Å². The fourth-order valence-corrected chi connectivity index (χ4v) is 3.67. The molecule has 0 spiro atoms. The van der Waals surface area contributed by atoms with Crippen LogP contribution in [0, 0.1) is 5.82 Å². The maximum atomic E-state index is 15.1. The van der Waals surface area contributed by atoms with Crippen molar-refractivity contribution in [3.05, 3.63) is 77.1 Å². The number of hydrogen-bond donors (Lipinski definition) is 2. The molecular weight excluding hydrogens is 425 g/mol. The molecule has 170 valence electrons. The summed E-state index contributed by atoms with van der Waals surface area (Å²) >= 11 is 0. The van der Waals surface area contributed by atoms with Crippen molar-refractivity contribution in [3.8, 4) is 16.9 Å². The Labute approximate surface area is 190 Å². The zero-order valence-electron chi connectivity index (χ0n) is 18.1. The SMILES string of the molecule is CCOC(=O)Cc1ccccc1OCc1cc(-c2cccc(CN)c2F)c2onc(N)c2c1. The summed E-state index contributed by atoms with van der Waals surface area (Å²) in [6, 6.07) is 15.9. The second-order valence-electron chi connectivity index (χ2n) is 7.45. The van der Waals surface area contributed by atoms with Crippen LogP contribution in [-0.2, 0) is 29.1 Å². The number of fused-ring (bicyclic) bond motifs is 1. The van der Waals surface area contributed by atoms with E-state index in [2.05, 4.69) is 5.16 Å². The molecule has 0 aliphatic heterocycles. The number of esters is 1. The van der Waals surface area contributed by atoms with Gasteiger partial charge in [0.25, 0.3) is 0 Å². The molecule has 1 aromatic heterocycles. The minimum absolute atomic E-state index is 0.0708. The van der Waals surface area contributed by atoms with Crippen LogP contribution in [0.4, 0.5) is 10.2 Å². The molecule has 0 fully saturated rings. The highest BCUT2D eigenvalue weighted by Crippen LogP contribution is 2.35. The van der Waals surface area contributed by atoms with E-state index < -0.39 is 5.82 Å². The van der Waals surface area contributed by atoms with Gasteiger partial charge in [-0.3, -0.25) is 4.79 Å². The van der Waals surface area contributed by atoms with Crippen LogP contribution in [0.2, 0.25) is 0 Å². The van der Waals surface area contributed by atoms with Gasteiger partial charge in [-0.05, 0) is 30.7 Å². The van der Waals surface area contributed by atoms with Crippen LogP contribution in [0.25, 0.3) is 22.1 Å². The topological polar surface area (TPSA) is 114 Å². The summed E-state index contributed by atoms with van der Waals surface area (Å²) in [5.74, 6) is 0.00637. The third kappa shape index (κ3) is 4.65. The maximum Gasteiger partial charge on any atom is 0.310 e. The van der Waals surface area contributed by atoms with Gasteiger partial charge in [0.15, 0.2) is 11.4 Å². The van der Waals surface area contributed by atoms with E-state index in [0.717, 1.165) is 5.56 Å². The third-order valence-corrected chi connectivity index (χ3v) is 5.26. The molecule has 0 bridgehead atoms. The Morgan fingerprint density at radius 2 is 1.88 bits per heavy atom. The smallest absolute Gasteiger partial charge is 0.310 e. The van der Waals surface area contributed by atoms with E-state index in [9.17, 15) is 4.79 Å². The molecule has 0 aliphatic carbocycles. The van der Waals surface area contributed by atoms with Crippen molar-refractivity contribution in [2.24, 2.45) is 5.73 Å². The van der Waals surface area contributed by atoms with Gasteiger partial charge in [0.2, 0.25) is 0 Å². The van der Waals surface area contributed by atoms with Gasteiger partial charge in [-0.1, -0.05) is 41.6 Å². The Morgan fingerprint density at radius 3 is 2.67 bits per heavy atom. The molecule has 0 atom stereocenters. The molecule has 7 nitrogen and oxygen atoms in total. The Hall–Kier alpha value is -3.91. The molecule has 1 heterocycles. The summed E-state index contributed by atoms with van der Waals surface area (Å²) in [4.78, 5) is 11.9. The van der Waals surface area contributed by atoms with Crippen LogP contribution in [0.15, 0.2) is 59.1 Å². The number of hydrogen-bond acceptors (Lipinski definition) is 7. The van der Waals surface area contributed by atoms with Crippen molar-refractivity contribution in [1.29, 1.82) is 0 Å². The molecule has 3 aromatic carbocycles. The lowest BCUT2D eigenvalue weighted by Gasteiger charge is -2.13. The second-order valence-corrected chi connectivity index (χ2v) is 7.45. The average molecular weight is 449 g/mol. The van der Waals surface area contributed by atoms with Crippen LogP contribution in [0.1, 0.15) is 23.6 Å². The first-order valence-corrected chi connectivity index (χ1v) is 10.5. The molecule has 0 amide bonds. The van der Waals surface area contributed by atoms with Gasteiger partial charge in [-0.15, -0.1) is 0 Å². The largest absolute Gasteiger partial charge is 0.489 e. The van der Waals surface area contributed by atoms with Gasteiger partial charge in [-0.2, -0.15) is 0 Å². The van der Waals surface area contributed by atoms with Crippen molar-refractivity contribution in [2.75, 3.05) is 12.3 Å². The lowest BCUT2D eigenvalue weighted by atomic mass is 9.98. The van der Waals surface area contributed by atoms with Crippen LogP contribution >= 0.6 is 0 Å². The van der Waals surface area contributed by atoms with E-state index in [-0.39, 0.29) is 31.4 Å². The van der Waals surface area contributed by atoms with Gasteiger partial charge < -0.3 is 25.5 Å². The van der Waals surface area contributed by atoms with Crippen molar-refractivity contribution < 1.29 is 23.2 Å². The summed E-state index contributed by atoms with van der Waals surface area (Å²) in [6.07, 6.45) is 0.101. The monoisotopic (exact) mass is 449 g/mol. The standard InChI is InChI=1S/C25H24FN3O4/c1-2-31-22(30)12-16-6-3-4-9-21(16)32-14-15-10-19(24-20(11-15)25(28)29-33-24)18-8-5-7-17(13-27)23(18)26/h3-11H,2,12-14,27H2,1H3,(H2,28,29). The number of nitrogens with zero attached hydrogens (tertiary/aromatic N) is 1. The van der Waals surface area contributed by atoms with E-state index in [0.29, 0.717) is 45.6 Å². The fourth-order valence-electron chi connectivity index (χ4n) is 3.67. The van der Waals surface area contributed by atoms with Gasteiger partial charge >= 0.3 is 5.97 Å². The maximum absolute atomic E-state index is 15.1. The first-order valence-electron chi connectivity index (χ1n) is 10.5. The predicted octanol–water partition coefficient (Wildman–Crippen LogP) is 4.36. The molecule has 0 radical (unpaired) electrons. The number of halogens is 1. The summed E-state index contributed by atoms with van der Waals surface area (Å²) in [6.45, 7) is 2.30. The summed E-state index contributed by atoms with van der Waals surface area (Å²) in [5, 5.41) is 4.40. The third-order valence-electron chi connectivity index (χ3n) is 5.26. The molecule has 4 N–H and O–H groups in total.